The van der Waals surface area contributed by atoms with Crippen molar-refractivity contribution in [3.63, 3.8) is 0 Å². The first kappa shape index (κ1) is 19.0. The van der Waals surface area contributed by atoms with Crippen molar-refractivity contribution in [3.05, 3.63) is 48.0 Å². The van der Waals surface area contributed by atoms with E-state index in [1.54, 1.807) is 12.1 Å². The first-order valence-electron chi connectivity index (χ1n) is 9.12. The number of carbonyl (C=O) groups excluding carboxylic acids is 1. The second-order valence-corrected chi connectivity index (χ2v) is 6.56. The Morgan fingerprint density at radius 1 is 1.30 bits per heavy atom. The van der Waals surface area contributed by atoms with Crippen LogP contribution in [0.15, 0.2) is 36.7 Å². The summed E-state index contributed by atoms with van der Waals surface area (Å²) in [7, 11) is 0. The Morgan fingerprint density at radius 2 is 2.15 bits per heavy atom. The maximum absolute atomic E-state index is 13.6. The van der Waals surface area contributed by atoms with Gasteiger partial charge in [0, 0.05) is 38.9 Å². The average Bonchev–Trinajstić information content (AvgIpc) is 2.71. The number of nitrogens with one attached hydrogen (secondary N) is 2. The summed E-state index contributed by atoms with van der Waals surface area (Å²) in [6.45, 7) is 2.67. The van der Waals surface area contributed by atoms with Crippen LogP contribution < -0.4 is 15.5 Å². The minimum atomic E-state index is -0.536. The minimum absolute atomic E-state index is 0.0327. The minimum Gasteiger partial charge on any atom is -0.396 e. The van der Waals surface area contributed by atoms with Crippen molar-refractivity contribution in [2.24, 2.45) is 5.92 Å². The lowest BCUT2D eigenvalue weighted by Crippen LogP contribution is -2.37. The molecule has 1 aliphatic heterocycles. The Hall–Kier alpha value is -2.74. The van der Waals surface area contributed by atoms with Crippen molar-refractivity contribution in [1.82, 2.24) is 15.3 Å². The summed E-state index contributed by atoms with van der Waals surface area (Å²) in [4.78, 5) is 22.6. The van der Waals surface area contributed by atoms with Crippen LogP contribution in [0.1, 0.15) is 23.2 Å². The van der Waals surface area contributed by atoms with Gasteiger partial charge in [-0.25, -0.2) is 14.4 Å². The number of nitrogens with zero attached hydrogens (tertiary/aromatic N) is 3. The molecule has 1 atom stereocenters. The number of aliphatic hydroxyl groups is 1. The second-order valence-electron chi connectivity index (χ2n) is 6.56. The number of anilines is 2. The van der Waals surface area contributed by atoms with Crippen LogP contribution >= 0.6 is 0 Å². The van der Waals surface area contributed by atoms with E-state index in [2.05, 4.69) is 25.5 Å². The van der Waals surface area contributed by atoms with Gasteiger partial charge in [0.25, 0.3) is 5.91 Å². The molecular weight excluding hydrogens is 349 g/mol. The van der Waals surface area contributed by atoms with Crippen LogP contribution in [0.5, 0.6) is 0 Å². The molecule has 0 aliphatic carbocycles. The zero-order valence-corrected chi connectivity index (χ0v) is 15.1. The summed E-state index contributed by atoms with van der Waals surface area (Å²) in [5.41, 5.74) is 0.0327. The Morgan fingerprint density at radius 3 is 2.96 bits per heavy atom. The zero-order chi connectivity index (χ0) is 19.1. The molecule has 3 N–H and O–H groups in total. The highest BCUT2D eigenvalue weighted by molar-refractivity contribution is 5.94. The summed E-state index contributed by atoms with van der Waals surface area (Å²) < 4.78 is 13.6. The number of hydrogen-bond acceptors (Lipinski definition) is 6. The number of halogens is 1. The van der Waals surface area contributed by atoms with E-state index in [0.717, 1.165) is 31.7 Å². The predicted molar refractivity (Wildman–Crippen MR) is 101 cm³/mol. The smallest absolute Gasteiger partial charge is 0.254 e. The monoisotopic (exact) mass is 373 g/mol. The average molecular weight is 373 g/mol. The van der Waals surface area contributed by atoms with Gasteiger partial charge in [0.1, 0.15) is 23.8 Å². The van der Waals surface area contributed by atoms with Crippen LogP contribution in [-0.4, -0.2) is 53.8 Å². The van der Waals surface area contributed by atoms with E-state index in [1.807, 2.05) is 6.07 Å². The fourth-order valence-electron chi connectivity index (χ4n) is 3.15. The molecule has 0 spiro atoms. The van der Waals surface area contributed by atoms with E-state index >= 15 is 0 Å². The van der Waals surface area contributed by atoms with E-state index in [-0.39, 0.29) is 18.1 Å². The molecule has 1 aromatic heterocycles. The van der Waals surface area contributed by atoms with E-state index in [0.29, 0.717) is 18.9 Å². The number of piperidine rings is 1. The van der Waals surface area contributed by atoms with E-state index in [9.17, 15) is 14.3 Å². The molecule has 144 valence electrons. The summed E-state index contributed by atoms with van der Waals surface area (Å²) in [5.74, 6) is 0.777. The fourth-order valence-corrected chi connectivity index (χ4v) is 3.15. The molecule has 1 fully saturated rings. The molecule has 0 radical (unpaired) electrons. The SMILES string of the molecule is O=C(NCCNc1cc(N2CCCC(CO)C2)ncn1)c1ccccc1F. The van der Waals surface area contributed by atoms with Gasteiger partial charge in [-0.15, -0.1) is 0 Å². The first-order valence-corrected chi connectivity index (χ1v) is 9.12. The predicted octanol–water partition coefficient (Wildman–Crippen LogP) is 1.67. The normalized spacial score (nSPS) is 16.8. The van der Waals surface area contributed by atoms with Gasteiger partial charge in [-0.3, -0.25) is 4.79 Å². The van der Waals surface area contributed by atoms with Gasteiger partial charge < -0.3 is 20.6 Å². The molecule has 1 unspecified atom stereocenters. The Balaban J connectivity index is 1.49. The van der Waals surface area contributed by atoms with Crippen molar-refractivity contribution in [3.8, 4) is 0 Å². The standard InChI is InChI=1S/C19H24FN5O2/c20-16-6-2-1-5-15(16)19(27)22-8-7-21-17-10-18(24-13-23-17)25-9-3-4-14(11-25)12-26/h1-2,5-6,10,13-14,26H,3-4,7-9,11-12H2,(H,22,27)(H,21,23,24). The topological polar surface area (TPSA) is 90.4 Å². The van der Waals surface area contributed by atoms with Crippen molar-refractivity contribution in [2.75, 3.05) is 43.0 Å². The summed E-state index contributed by atoms with van der Waals surface area (Å²) in [6.07, 6.45) is 3.56. The van der Waals surface area contributed by atoms with Crippen LogP contribution in [0, 0.1) is 11.7 Å². The molecule has 0 saturated carbocycles. The van der Waals surface area contributed by atoms with Gasteiger partial charge in [0.15, 0.2) is 0 Å². The highest BCUT2D eigenvalue weighted by Gasteiger charge is 2.20. The van der Waals surface area contributed by atoms with Crippen LogP contribution in [0.4, 0.5) is 16.0 Å². The van der Waals surface area contributed by atoms with Gasteiger partial charge >= 0.3 is 0 Å². The molecule has 1 amide bonds. The number of amides is 1. The van der Waals surface area contributed by atoms with Gasteiger partial charge in [-0.05, 0) is 30.9 Å². The molecule has 7 nitrogen and oxygen atoms in total. The molecule has 0 bridgehead atoms. The third kappa shape index (κ3) is 5.13. The number of aliphatic hydroxyl groups excluding tert-OH is 1. The molecule has 2 aromatic rings. The third-order valence-corrected chi connectivity index (χ3v) is 4.59. The summed E-state index contributed by atoms with van der Waals surface area (Å²) in [6, 6.07) is 7.75. The van der Waals surface area contributed by atoms with Crippen molar-refractivity contribution >= 4 is 17.5 Å². The van der Waals surface area contributed by atoms with Gasteiger partial charge in [0.2, 0.25) is 0 Å². The molecule has 1 saturated heterocycles. The van der Waals surface area contributed by atoms with Gasteiger partial charge in [0.05, 0.1) is 5.56 Å². The van der Waals surface area contributed by atoms with Crippen LogP contribution in [0.2, 0.25) is 0 Å². The van der Waals surface area contributed by atoms with Crippen molar-refractivity contribution in [2.45, 2.75) is 12.8 Å². The van der Waals surface area contributed by atoms with Gasteiger partial charge in [-0.1, -0.05) is 12.1 Å². The maximum atomic E-state index is 13.6. The van der Waals surface area contributed by atoms with Crippen LogP contribution in [0.3, 0.4) is 0 Å². The molecule has 2 heterocycles. The zero-order valence-electron chi connectivity index (χ0n) is 15.1. The Labute approximate surface area is 157 Å². The van der Waals surface area contributed by atoms with E-state index < -0.39 is 11.7 Å². The van der Waals surface area contributed by atoms with Crippen LogP contribution in [0.25, 0.3) is 0 Å². The number of benzene rings is 1. The van der Waals surface area contributed by atoms with Gasteiger partial charge in [-0.2, -0.15) is 0 Å². The van der Waals surface area contributed by atoms with Crippen molar-refractivity contribution in [1.29, 1.82) is 0 Å². The number of carbonyl (C=O) groups is 1. The molecule has 8 heteroatoms. The van der Waals surface area contributed by atoms with Crippen molar-refractivity contribution < 1.29 is 14.3 Å². The quantitative estimate of drug-likeness (QED) is 0.640. The highest BCUT2D eigenvalue weighted by atomic mass is 19.1. The maximum Gasteiger partial charge on any atom is 0.254 e. The highest BCUT2D eigenvalue weighted by Crippen LogP contribution is 2.22. The molecule has 3 rings (SSSR count). The lowest BCUT2D eigenvalue weighted by atomic mass is 9.99. The second kappa shape index (κ2) is 9.27. The molecule has 1 aliphatic rings. The third-order valence-electron chi connectivity index (χ3n) is 4.59. The van der Waals surface area contributed by atoms with Crippen LogP contribution in [-0.2, 0) is 0 Å². The fraction of sp³-hybridized carbons (Fsp3) is 0.421. The van der Waals surface area contributed by atoms with E-state index in [4.69, 9.17) is 0 Å². The first-order chi connectivity index (χ1) is 13.2. The molecule has 1 aromatic carbocycles. The molecular formula is C19H24FN5O2. The number of aromatic nitrogens is 2. The summed E-state index contributed by atoms with van der Waals surface area (Å²) >= 11 is 0. The largest absolute Gasteiger partial charge is 0.396 e. The lowest BCUT2D eigenvalue weighted by Gasteiger charge is -2.32. The number of rotatable bonds is 7. The lowest BCUT2D eigenvalue weighted by molar-refractivity contribution is 0.0951. The van der Waals surface area contributed by atoms with E-state index in [1.165, 1.54) is 18.5 Å². The Kier molecular flexibility index (Phi) is 6.54. The Bertz CT molecular complexity index is 773. The molecule has 27 heavy (non-hydrogen) atoms. The summed E-state index contributed by atoms with van der Waals surface area (Å²) in [5, 5.41) is 15.2. The number of hydrogen-bond donors (Lipinski definition) is 3.